The third-order valence-corrected chi connectivity index (χ3v) is 3.63. The predicted molar refractivity (Wildman–Crippen MR) is 60.3 cm³/mol. The van der Waals surface area contributed by atoms with E-state index >= 15 is 0 Å². The van der Waals surface area contributed by atoms with Crippen LogP contribution in [0.3, 0.4) is 0 Å². The highest BCUT2D eigenvalue weighted by atomic mass is 15.4. The minimum atomic E-state index is 0.303. The Bertz CT molecular complexity index is 306. The molecule has 1 aromatic rings. The molecule has 1 aliphatic heterocycles. The molecule has 0 aliphatic carbocycles. The molecule has 76 valence electrons. The molecule has 1 aliphatic rings. The largest absolute Gasteiger partial charge is 0.288 e. The zero-order valence-electron chi connectivity index (χ0n) is 9.33. The summed E-state index contributed by atoms with van der Waals surface area (Å²) in [5.74, 6) is 0. The fraction of sp³-hybridized carbons (Fsp3) is 0.538. The van der Waals surface area contributed by atoms with Gasteiger partial charge in [0.2, 0.25) is 0 Å². The number of hydrogen-bond acceptors (Lipinski definition) is 1. The molecule has 1 heteroatoms. The molecule has 3 atom stereocenters. The van der Waals surface area contributed by atoms with E-state index in [0.717, 1.165) is 0 Å². The van der Waals surface area contributed by atoms with Gasteiger partial charge in [-0.3, -0.25) is 4.90 Å². The molecule has 1 heterocycles. The van der Waals surface area contributed by atoms with Crippen LogP contribution in [0.2, 0.25) is 0 Å². The third kappa shape index (κ3) is 1.27. The first-order valence-corrected chi connectivity index (χ1v) is 5.53. The van der Waals surface area contributed by atoms with E-state index in [9.17, 15) is 0 Å². The van der Waals surface area contributed by atoms with E-state index in [4.69, 9.17) is 0 Å². The summed E-state index contributed by atoms with van der Waals surface area (Å²) in [4.78, 5) is 2.57. The molecule has 14 heavy (non-hydrogen) atoms. The Morgan fingerprint density at radius 3 is 2.50 bits per heavy atom. The average molecular weight is 189 g/mol. The number of rotatable bonds is 3. The van der Waals surface area contributed by atoms with E-state index in [-0.39, 0.29) is 0 Å². The monoisotopic (exact) mass is 189 g/mol. The van der Waals surface area contributed by atoms with E-state index in [0.29, 0.717) is 11.6 Å². The van der Waals surface area contributed by atoms with E-state index in [2.05, 4.69) is 56.0 Å². The van der Waals surface area contributed by atoms with Gasteiger partial charge in [-0.15, -0.1) is 0 Å². The summed E-state index contributed by atoms with van der Waals surface area (Å²) in [6.07, 6.45) is 1.24. The molecular formula is C13H19N. The molecule has 1 saturated heterocycles. The van der Waals surface area contributed by atoms with Gasteiger partial charge in [-0.05, 0) is 32.4 Å². The van der Waals surface area contributed by atoms with Gasteiger partial charge in [-0.1, -0.05) is 37.3 Å². The van der Waals surface area contributed by atoms with Crippen LogP contribution in [0.4, 0.5) is 0 Å². The summed E-state index contributed by atoms with van der Waals surface area (Å²) in [5, 5.41) is 0. The van der Waals surface area contributed by atoms with Crippen LogP contribution in [0.5, 0.6) is 0 Å². The Kier molecular flexibility index (Phi) is 2.36. The van der Waals surface area contributed by atoms with Gasteiger partial charge in [0.1, 0.15) is 0 Å². The molecule has 0 N–H and O–H groups in total. The first-order chi connectivity index (χ1) is 6.71. The van der Waals surface area contributed by atoms with E-state index in [1.165, 1.54) is 18.5 Å². The van der Waals surface area contributed by atoms with Gasteiger partial charge >= 0.3 is 0 Å². The molecule has 0 aromatic heterocycles. The summed E-state index contributed by atoms with van der Waals surface area (Å²) in [5.41, 5.74) is 1.76. The second-order valence-corrected chi connectivity index (χ2v) is 4.38. The van der Waals surface area contributed by atoms with Gasteiger partial charge in [0.05, 0.1) is 5.54 Å². The Labute approximate surface area is 86.7 Å². The van der Waals surface area contributed by atoms with Crippen LogP contribution < -0.4 is 0 Å². The molecule has 1 nitrogen and oxygen atoms in total. The maximum absolute atomic E-state index is 2.57. The predicted octanol–water partition coefficient (Wildman–Crippen LogP) is 3.02. The van der Waals surface area contributed by atoms with Gasteiger partial charge in [0, 0.05) is 6.04 Å². The van der Waals surface area contributed by atoms with Crippen molar-refractivity contribution in [1.82, 2.24) is 4.90 Å². The van der Waals surface area contributed by atoms with Crippen LogP contribution in [0.15, 0.2) is 30.3 Å². The zero-order chi connectivity index (χ0) is 10.2. The molecule has 0 radical (unpaired) electrons. The highest BCUT2D eigenvalue weighted by Crippen LogP contribution is 2.48. The number of hydrogen-bond donors (Lipinski definition) is 0. The normalized spacial score (nSPS) is 35.6. The topological polar surface area (TPSA) is 3.01 Å². The Hall–Kier alpha value is -0.820. The van der Waals surface area contributed by atoms with Gasteiger partial charge in [-0.2, -0.15) is 0 Å². The lowest BCUT2D eigenvalue weighted by Gasteiger charge is -2.11. The van der Waals surface area contributed by atoms with Crippen molar-refractivity contribution >= 4 is 0 Å². The van der Waals surface area contributed by atoms with Gasteiger partial charge in [0.25, 0.3) is 0 Å². The molecule has 1 unspecified atom stereocenters. The van der Waals surface area contributed by atoms with Gasteiger partial charge < -0.3 is 0 Å². The minimum absolute atomic E-state index is 0.303. The summed E-state index contributed by atoms with van der Waals surface area (Å²) in [6, 6.07) is 11.5. The highest BCUT2D eigenvalue weighted by molar-refractivity contribution is 5.32. The first kappa shape index (κ1) is 9.72. The van der Waals surface area contributed by atoms with Crippen molar-refractivity contribution in [2.75, 3.05) is 6.54 Å². The van der Waals surface area contributed by atoms with Crippen LogP contribution in [-0.4, -0.2) is 17.5 Å². The lowest BCUT2D eigenvalue weighted by Crippen LogP contribution is -2.12. The van der Waals surface area contributed by atoms with Crippen molar-refractivity contribution in [2.45, 2.75) is 38.8 Å². The maximum Gasteiger partial charge on any atom is 0.0589 e. The van der Waals surface area contributed by atoms with Crippen molar-refractivity contribution in [3.8, 4) is 0 Å². The summed E-state index contributed by atoms with van der Waals surface area (Å²) >= 11 is 0. The highest BCUT2D eigenvalue weighted by Gasteiger charge is 2.56. The van der Waals surface area contributed by atoms with Crippen LogP contribution >= 0.6 is 0 Å². The zero-order valence-corrected chi connectivity index (χ0v) is 9.33. The van der Waals surface area contributed by atoms with Crippen molar-refractivity contribution in [2.24, 2.45) is 0 Å². The maximum atomic E-state index is 2.57. The standard InChI is InChI=1S/C13H19N/c1-4-10-14-11(2)13(14,3)12-8-6-5-7-9-12/h5-9,11H,4,10H2,1-3H3/t11-,13+,14?/m0/s1. The Balaban J connectivity index is 2.20. The van der Waals surface area contributed by atoms with Crippen molar-refractivity contribution in [3.63, 3.8) is 0 Å². The SMILES string of the molecule is CCCN1[C@@H](C)[C@]1(C)c1ccccc1. The molecule has 0 spiro atoms. The Morgan fingerprint density at radius 2 is 1.93 bits per heavy atom. The molecule has 1 aromatic carbocycles. The molecule has 0 saturated carbocycles. The number of nitrogens with zero attached hydrogens (tertiary/aromatic N) is 1. The minimum Gasteiger partial charge on any atom is -0.288 e. The molecular weight excluding hydrogens is 170 g/mol. The second kappa shape index (κ2) is 3.39. The summed E-state index contributed by atoms with van der Waals surface area (Å²) in [7, 11) is 0. The van der Waals surface area contributed by atoms with Crippen molar-refractivity contribution in [3.05, 3.63) is 35.9 Å². The van der Waals surface area contributed by atoms with Crippen LogP contribution in [0.1, 0.15) is 32.8 Å². The fourth-order valence-electron chi connectivity index (χ4n) is 2.48. The Morgan fingerprint density at radius 1 is 1.29 bits per heavy atom. The van der Waals surface area contributed by atoms with Crippen molar-refractivity contribution < 1.29 is 0 Å². The lowest BCUT2D eigenvalue weighted by atomic mass is 9.98. The van der Waals surface area contributed by atoms with Crippen LogP contribution in [-0.2, 0) is 5.54 Å². The average Bonchev–Trinajstić information content (AvgIpc) is 2.75. The van der Waals surface area contributed by atoms with Crippen LogP contribution in [0, 0.1) is 0 Å². The molecule has 0 bridgehead atoms. The van der Waals surface area contributed by atoms with Crippen LogP contribution in [0.25, 0.3) is 0 Å². The van der Waals surface area contributed by atoms with Gasteiger partial charge in [0.15, 0.2) is 0 Å². The summed E-state index contributed by atoms with van der Waals surface area (Å²) in [6.45, 7) is 8.13. The van der Waals surface area contributed by atoms with Gasteiger partial charge in [-0.25, -0.2) is 0 Å². The molecule has 0 amide bonds. The molecule has 1 fully saturated rings. The van der Waals surface area contributed by atoms with E-state index in [1.54, 1.807) is 0 Å². The fourth-order valence-corrected chi connectivity index (χ4v) is 2.48. The molecule has 2 rings (SSSR count). The van der Waals surface area contributed by atoms with E-state index < -0.39 is 0 Å². The summed E-state index contributed by atoms with van der Waals surface area (Å²) < 4.78 is 0. The number of benzene rings is 1. The third-order valence-electron chi connectivity index (χ3n) is 3.63. The van der Waals surface area contributed by atoms with E-state index in [1.807, 2.05) is 0 Å². The quantitative estimate of drug-likeness (QED) is 0.660. The lowest BCUT2D eigenvalue weighted by molar-refractivity contribution is 0.426. The second-order valence-electron chi connectivity index (χ2n) is 4.38. The first-order valence-electron chi connectivity index (χ1n) is 5.53. The van der Waals surface area contributed by atoms with Crippen molar-refractivity contribution in [1.29, 1.82) is 0 Å². The smallest absolute Gasteiger partial charge is 0.0589 e.